The fourth-order valence-electron chi connectivity index (χ4n) is 1.93. The number of aromatic nitrogens is 4. The summed E-state index contributed by atoms with van der Waals surface area (Å²) in [5, 5.41) is 18.1. The largest absolute Gasteiger partial charge is 0.354 e. The summed E-state index contributed by atoms with van der Waals surface area (Å²) in [7, 11) is 0. The summed E-state index contributed by atoms with van der Waals surface area (Å²) >= 11 is 1.43. The average Bonchev–Trinajstić information content (AvgIpc) is 3.15. The Hall–Kier alpha value is -2.81. The number of nitrogens with one attached hydrogen (secondary N) is 2. The van der Waals surface area contributed by atoms with Gasteiger partial charge in [-0.1, -0.05) is 29.5 Å². The first-order valence-corrected chi connectivity index (χ1v) is 7.80. The maximum atomic E-state index is 11.8. The maximum Gasteiger partial charge on any atom is 0.251 e. The minimum Gasteiger partial charge on any atom is -0.354 e. The molecule has 23 heavy (non-hydrogen) atoms. The fraction of sp³-hybridized carbons (Fsp3) is 0.214. The summed E-state index contributed by atoms with van der Waals surface area (Å²) in [5.74, 6) is -0.508. The number of rotatable bonds is 6. The smallest absolute Gasteiger partial charge is 0.251 e. The van der Waals surface area contributed by atoms with Gasteiger partial charge < -0.3 is 10.6 Å². The number of hydrogen-bond acceptors (Lipinski definition) is 6. The molecule has 0 radical (unpaired) electrons. The summed E-state index contributed by atoms with van der Waals surface area (Å²) in [5.41, 5.74) is 0.528. The molecule has 3 aromatic rings. The molecular weight excluding hydrogens is 316 g/mol. The highest BCUT2D eigenvalue weighted by Gasteiger charge is 2.08. The summed E-state index contributed by atoms with van der Waals surface area (Å²) in [4.78, 5) is 24.2. The van der Waals surface area contributed by atoms with Crippen molar-refractivity contribution >= 4 is 28.1 Å². The highest BCUT2D eigenvalue weighted by atomic mass is 32.1. The third-order valence-corrected chi connectivity index (χ3v) is 4.01. The number of hydrogen-bond donors (Lipinski definition) is 2. The summed E-state index contributed by atoms with van der Waals surface area (Å²) in [6.07, 6.45) is 2.14. The van der Waals surface area contributed by atoms with Crippen LogP contribution in [0.25, 0.3) is 4.96 Å². The Morgan fingerprint density at radius 1 is 1.17 bits per heavy atom. The number of carbonyl (C=O) groups is 2. The summed E-state index contributed by atoms with van der Waals surface area (Å²) in [6.45, 7) is 0.392. The number of amides is 2. The molecule has 118 valence electrons. The third-order valence-electron chi connectivity index (χ3n) is 3.04. The normalized spacial score (nSPS) is 10.6. The van der Waals surface area contributed by atoms with Crippen molar-refractivity contribution in [3.05, 3.63) is 47.2 Å². The van der Waals surface area contributed by atoms with Crippen LogP contribution >= 0.6 is 11.3 Å². The zero-order valence-corrected chi connectivity index (χ0v) is 12.9. The molecule has 0 atom stereocenters. The van der Waals surface area contributed by atoms with Crippen LogP contribution in [0.1, 0.15) is 15.4 Å². The molecule has 0 spiro atoms. The van der Waals surface area contributed by atoms with Gasteiger partial charge in [-0.2, -0.15) is 9.61 Å². The van der Waals surface area contributed by atoms with Crippen LogP contribution in [0.15, 0.2) is 36.7 Å². The lowest BCUT2D eigenvalue weighted by atomic mass is 10.2. The molecule has 1 aromatic carbocycles. The van der Waals surface area contributed by atoms with Crippen LogP contribution in [0.2, 0.25) is 0 Å². The predicted octanol–water partition coefficient (Wildman–Crippen LogP) is 0.274. The van der Waals surface area contributed by atoms with E-state index in [1.807, 2.05) is 6.07 Å². The second-order valence-electron chi connectivity index (χ2n) is 4.70. The molecule has 2 amide bonds. The third kappa shape index (κ3) is 3.89. The van der Waals surface area contributed by atoms with Gasteiger partial charge in [0.2, 0.25) is 10.9 Å². The molecule has 0 bridgehead atoms. The molecule has 0 aliphatic carbocycles. The topological polar surface area (TPSA) is 101 Å². The van der Waals surface area contributed by atoms with Gasteiger partial charge >= 0.3 is 0 Å². The van der Waals surface area contributed by atoms with Crippen LogP contribution in [0.4, 0.5) is 0 Å². The van der Waals surface area contributed by atoms with Crippen molar-refractivity contribution in [2.75, 3.05) is 13.1 Å². The standard InChI is InChI=1S/C14H14N6O2S/c21-11(8-16-13(22)10-4-2-1-3-5-10)15-7-6-12-19-20-9-17-18-14(20)23-12/h1-5,9H,6-8H2,(H,15,21)(H,16,22). The highest BCUT2D eigenvalue weighted by Crippen LogP contribution is 2.11. The number of carbonyl (C=O) groups excluding carboxylic acids is 2. The van der Waals surface area contributed by atoms with E-state index in [0.29, 0.717) is 18.5 Å². The molecule has 0 aliphatic heterocycles. The van der Waals surface area contributed by atoms with Crippen molar-refractivity contribution in [2.45, 2.75) is 6.42 Å². The van der Waals surface area contributed by atoms with Gasteiger partial charge in [-0.3, -0.25) is 9.59 Å². The van der Waals surface area contributed by atoms with Gasteiger partial charge in [-0.15, -0.1) is 10.2 Å². The van der Waals surface area contributed by atoms with E-state index < -0.39 is 0 Å². The molecule has 8 nitrogen and oxygen atoms in total. The SMILES string of the molecule is O=C(CNC(=O)c1ccccc1)NCCc1nn2cnnc2s1. The Balaban J connectivity index is 1.39. The van der Waals surface area contributed by atoms with Gasteiger partial charge in [-0.05, 0) is 12.1 Å². The van der Waals surface area contributed by atoms with Crippen molar-refractivity contribution < 1.29 is 9.59 Å². The van der Waals surface area contributed by atoms with E-state index in [9.17, 15) is 9.59 Å². The van der Waals surface area contributed by atoms with Gasteiger partial charge in [0.25, 0.3) is 5.91 Å². The van der Waals surface area contributed by atoms with E-state index in [0.717, 1.165) is 9.97 Å². The van der Waals surface area contributed by atoms with Crippen LogP contribution < -0.4 is 10.6 Å². The Morgan fingerprint density at radius 3 is 2.78 bits per heavy atom. The van der Waals surface area contributed by atoms with Crippen LogP contribution in [0.5, 0.6) is 0 Å². The van der Waals surface area contributed by atoms with Crippen molar-refractivity contribution in [2.24, 2.45) is 0 Å². The lowest BCUT2D eigenvalue weighted by molar-refractivity contribution is -0.120. The second kappa shape index (κ2) is 6.97. The molecule has 0 fully saturated rings. The van der Waals surface area contributed by atoms with Crippen LogP contribution in [-0.4, -0.2) is 44.7 Å². The van der Waals surface area contributed by atoms with Crippen molar-refractivity contribution in [1.82, 2.24) is 30.4 Å². The lowest BCUT2D eigenvalue weighted by Crippen LogP contribution is -2.37. The number of nitrogens with zero attached hydrogens (tertiary/aromatic N) is 4. The molecular formula is C14H14N6O2S. The van der Waals surface area contributed by atoms with Crippen LogP contribution in [0, 0.1) is 0 Å². The first kappa shape index (κ1) is 15.1. The molecule has 0 unspecified atom stereocenters. The van der Waals surface area contributed by atoms with Crippen molar-refractivity contribution in [3.8, 4) is 0 Å². The fourth-order valence-corrected chi connectivity index (χ4v) is 2.74. The summed E-state index contributed by atoms with van der Waals surface area (Å²) < 4.78 is 1.60. The molecule has 0 saturated heterocycles. The minimum absolute atomic E-state index is 0.0567. The molecule has 0 saturated carbocycles. The predicted molar refractivity (Wildman–Crippen MR) is 84.1 cm³/mol. The van der Waals surface area contributed by atoms with Crippen molar-refractivity contribution in [1.29, 1.82) is 0 Å². The molecule has 3 rings (SSSR count). The monoisotopic (exact) mass is 330 g/mol. The Bertz CT molecular complexity index is 784. The second-order valence-corrected chi connectivity index (χ2v) is 5.74. The Kier molecular flexibility index (Phi) is 4.57. The first-order chi connectivity index (χ1) is 11.2. The van der Waals surface area contributed by atoms with E-state index >= 15 is 0 Å². The molecule has 2 aromatic heterocycles. The highest BCUT2D eigenvalue weighted by molar-refractivity contribution is 7.16. The average molecular weight is 330 g/mol. The molecule has 2 heterocycles. The zero-order chi connectivity index (χ0) is 16.1. The molecule has 2 N–H and O–H groups in total. The van der Waals surface area contributed by atoms with E-state index in [2.05, 4.69) is 25.9 Å². The van der Waals surface area contributed by atoms with Gasteiger partial charge in [-0.25, -0.2) is 0 Å². The van der Waals surface area contributed by atoms with Gasteiger partial charge in [0.15, 0.2) is 0 Å². The number of benzene rings is 1. The summed E-state index contributed by atoms with van der Waals surface area (Å²) in [6, 6.07) is 8.77. The van der Waals surface area contributed by atoms with Gasteiger partial charge in [0.05, 0.1) is 6.54 Å². The lowest BCUT2D eigenvalue weighted by Gasteiger charge is -2.06. The Labute approximate surface area is 135 Å². The first-order valence-electron chi connectivity index (χ1n) is 6.98. The van der Waals surface area contributed by atoms with Gasteiger partial charge in [0.1, 0.15) is 11.3 Å². The van der Waals surface area contributed by atoms with Gasteiger partial charge in [0, 0.05) is 18.5 Å². The zero-order valence-electron chi connectivity index (χ0n) is 12.1. The van der Waals surface area contributed by atoms with E-state index in [-0.39, 0.29) is 18.4 Å². The van der Waals surface area contributed by atoms with E-state index in [1.54, 1.807) is 28.8 Å². The van der Waals surface area contributed by atoms with Crippen LogP contribution in [0.3, 0.4) is 0 Å². The quantitative estimate of drug-likeness (QED) is 0.676. The van der Waals surface area contributed by atoms with E-state index in [4.69, 9.17) is 0 Å². The molecule has 9 heteroatoms. The van der Waals surface area contributed by atoms with Crippen molar-refractivity contribution in [3.63, 3.8) is 0 Å². The molecule has 0 aliphatic rings. The van der Waals surface area contributed by atoms with Crippen LogP contribution in [-0.2, 0) is 11.2 Å². The maximum absolute atomic E-state index is 11.8. The Morgan fingerprint density at radius 2 is 2.00 bits per heavy atom. The van der Waals surface area contributed by atoms with E-state index in [1.165, 1.54) is 17.7 Å². The minimum atomic E-state index is -0.269. The number of fused-ring (bicyclic) bond motifs is 1.